The summed E-state index contributed by atoms with van der Waals surface area (Å²) in [4.78, 5) is 39.4. The number of halogens is 3. The van der Waals surface area contributed by atoms with Gasteiger partial charge >= 0.3 is 6.18 Å². The predicted octanol–water partition coefficient (Wildman–Crippen LogP) is 6.19. The van der Waals surface area contributed by atoms with Crippen molar-refractivity contribution in [1.82, 2.24) is 19.9 Å². The number of carbonyl (C=O) groups excluding carboxylic acids is 2. The topological polar surface area (TPSA) is 109 Å². The van der Waals surface area contributed by atoms with E-state index in [0.29, 0.717) is 28.7 Å². The first-order chi connectivity index (χ1) is 19.5. The summed E-state index contributed by atoms with van der Waals surface area (Å²) in [5.74, 6) is 0.220. The van der Waals surface area contributed by atoms with Crippen LogP contribution in [0.3, 0.4) is 0 Å². The zero-order chi connectivity index (χ0) is 29.3. The van der Waals surface area contributed by atoms with Gasteiger partial charge in [-0.05, 0) is 36.6 Å². The molecule has 1 fully saturated rings. The number of nitrogens with one attached hydrogen (secondary N) is 2. The molecule has 2 amide bonds. The van der Waals surface area contributed by atoms with Crippen LogP contribution in [-0.4, -0.2) is 50.8 Å². The highest BCUT2D eigenvalue weighted by atomic mass is 32.1. The van der Waals surface area contributed by atoms with E-state index in [1.54, 1.807) is 12.1 Å². The van der Waals surface area contributed by atoms with E-state index in [1.807, 2.05) is 24.8 Å². The molecule has 2 N–H and O–H groups in total. The number of fused-ring (bicyclic) bond motifs is 1. The van der Waals surface area contributed by atoms with Crippen LogP contribution in [0.4, 0.5) is 24.0 Å². The Hall–Kier alpha value is -4.10. The SMILES string of the molecule is CC(=O)Nc1nc2c(Oc3cc(-c4ccc(C(F)(F)F)cc4NC(=O)[C@@H]4CCN4CC(C)C)ncn3)cccc2s1. The molecule has 2 aromatic heterocycles. The van der Waals surface area contributed by atoms with Crippen molar-refractivity contribution < 1.29 is 27.5 Å². The van der Waals surface area contributed by atoms with Crippen molar-refractivity contribution in [2.24, 2.45) is 5.92 Å². The molecule has 1 atom stereocenters. The van der Waals surface area contributed by atoms with Crippen molar-refractivity contribution in [3.05, 3.63) is 54.4 Å². The number of carbonyl (C=O) groups is 2. The van der Waals surface area contributed by atoms with Gasteiger partial charge in [-0.3, -0.25) is 14.5 Å². The Bertz CT molecular complexity index is 1610. The molecule has 41 heavy (non-hydrogen) atoms. The van der Waals surface area contributed by atoms with Crippen LogP contribution in [0.2, 0.25) is 0 Å². The molecule has 214 valence electrons. The Morgan fingerprint density at radius 1 is 1.15 bits per heavy atom. The van der Waals surface area contributed by atoms with E-state index in [4.69, 9.17) is 4.74 Å². The Morgan fingerprint density at radius 3 is 2.63 bits per heavy atom. The molecule has 1 aliphatic rings. The highest BCUT2D eigenvalue weighted by Gasteiger charge is 2.36. The molecule has 3 heterocycles. The van der Waals surface area contributed by atoms with E-state index in [2.05, 4.69) is 25.6 Å². The minimum absolute atomic E-state index is 0.00702. The number of anilines is 2. The number of alkyl halides is 3. The van der Waals surface area contributed by atoms with E-state index in [-0.39, 0.29) is 34.6 Å². The lowest BCUT2D eigenvalue weighted by molar-refractivity contribution is -0.137. The second-order valence-corrected chi connectivity index (χ2v) is 11.1. The number of benzene rings is 2. The fraction of sp³-hybridized carbons (Fsp3) is 0.321. The number of para-hydroxylation sites is 1. The Morgan fingerprint density at radius 2 is 1.95 bits per heavy atom. The normalized spacial score (nSPS) is 15.5. The summed E-state index contributed by atoms with van der Waals surface area (Å²) in [6.45, 7) is 6.96. The number of likely N-dealkylation sites (tertiary alicyclic amines) is 1. The van der Waals surface area contributed by atoms with E-state index in [1.165, 1.54) is 36.7 Å². The van der Waals surface area contributed by atoms with E-state index >= 15 is 0 Å². The van der Waals surface area contributed by atoms with Crippen molar-refractivity contribution in [3.63, 3.8) is 0 Å². The van der Waals surface area contributed by atoms with E-state index in [0.717, 1.165) is 29.9 Å². The van der Waals surface area contributed by atoms with E-state index in [9.17, 15) is 22.8 Å². The third-order valence-electron chi connectivity index (χ3n) is 6.43. The lowest BCUT2D eigenvalue weighted by Gasteiger charge is -2.40. The van der Waals surface area contributed by atoms with Gasteiger partial charge in [0.05, 0.1) is 27.7 Å². The van der Waals surface area contributed by atoms with Crippen LogP contribution in [0.15, 0.2) is 48.8 Å². The molecular formula is C28H27F3N6O3S. The van der Waals surface area contributed by atoms with Crippen molar-refractivity contribution in [2.75, 3.05) is 23.7 Å². The van der Waals surface area contributed by atoms with Crippen molar-refractivity contribution in [3.8, 4) is 22.9 Å². The van der Waals surface area contributed by atoms with Gasteiger partial charge in [0.25, 0.3) is 0 Å². The number of rotatable bonds is 8. The number of amides is 2. The highest BCUT2D eigenvalue weighted by Crippen LogP contribution is 2.38. The summed E-state index contributed by atoms with van der Waals surface area (Å²) in [5, 5.41) is 5.78. The molecule has 0 aliphatic carbocycles. The van der Waals surface area contributed by atoms with Crippen LogP contribution in [0.5, 0.6) is 11.6 Å². The quantitative estimate of drug-likeness (QED) is 0.254. The van der Waals surface area contributed by atoms with Gasteiger partial charge in [-0.15, -0.1) is 0 Å². The summed E-state index contributed by atoms with van der Waals surface area (Å²) in [7, 11) is 0. The average molecular weight is 585 g/mol. The van der Waals surface area contributed by atoms with Crippen LogP contribution in [0.25, 0.3) is 21.5 Å². The molecule has 13 heteroatoms. The molecule has 2 aromatic carbocycles. The van der Waals surface area contributed by atoms with Crippen molar-refractivity contribution in [1.29, 1.82) is 0 Å². The van der Waals surface area contributed by atoms with Crippen LogP contribution in [0.1, 0.15) is 32.8 Å². The molecule has 0 saturated carbocycles. The smallest absolute Gasteiger partial charge is 0.416 e. The maximum absolute atomic E-state index is 13.6. The third-order valence-corrected chi connectivity index (χ3v) is 7.37. The van der Waals surface area contributed by atoms with Gasteiger partial charge < -0.3 is 15.4 Å². The van der Waals surface area contributed by atoms with Crippen molar-refractivity contribution >= 4 is 44.2 Å². The van der Waals surface area contributed by atoms with Gasteiger partial charge in [0.1, 0.15) is 11.8 Å². The maximum Gasteiger partial charge on any atom is 0.416 e. The number of ether oxygens (including phenoxy) is 1. The number of hydrogen-bond donors (Lipinski definition) is 2. The molecule has 5 rings (SSSR count). The Balaban J connectivity index is 1.45. The lowest BCUT2D eigenvalue weighted by Crippen LogP contribution is -2.55. The number of hydrogen-bond acceptors (Lipinski definition) is 8. The summed E-state index contributed by atoms with van der Waals surface area (Å²) in [6.07, 6.45) is -2.74. The van der Waals surface area contributed by atoms with Crippen LogP contribution < -0.4 is 15.4 Å². The summed E-state index contributed by atoms with van der Waals surface area (Å²) in [6, 6.07) is 9.49. The third kappa shape index (κ3) is 6.46. The molecule has 0 radical (unpaired) electrons. The fourth-order valence-electron chi connectivity index (χ4n) is 4.55. The summed E-state index contributed by atoms with van der Waals surface area (Å²) < 4.78 is 47.5. The molecular weight excluding hydrogens is 557 g/mol. The summed E-state index contributed by atoms with van der Waals surface area (Å²) in [5.41, 5.74) is 0.159. The zero-order valence-electron chi connectivity index (χ0n) is 22.5. The first kappa shape index (κ1) is 28.4. The van der Waals surface area contributed by atoms with Crippen LogP contribution in [-0.2, 0) is 15.8 Å². The first-order valence-corrected chi connectivity index (χ1v) is 13.7. The molecule has 1 aliphatic heterocycles. The van der Waals surface area contributed by atoms with Crippen molar-refractivity contribution in [2.45, 2.75) is 39.4 Å². The lowest BCUT2D eigenvalue weighted by atomic mass is 9.99. The van der Waals surface area contributed by atoms with Gasteiger partial charge in [-0.25, -0.2) is 15.0 Å². The Labute approximate surface area is 237 Å². The number of aromatic nitrogens is 3. The van der Waals surface area contributed by atoms with Gasteiger partial charge in [-0.1, -0.05) is 37.3 Å². The standard InChI is InChI=1S/C28H27F3N6O3S/c1-15(2)13-37-10-9-21(37)26(39)35-20-11-17(28(29,30)31)7-8-18(20)19-12-24(33-14-32-19)40-22-5-4-6-23-25(22)36-27(41-23)34-16(3)38/h4-8,11-12,14-15,21H,9-10,13H2,1-3H3,(H,35,39)(H,34,36,38)/t21-/m0/s1. The summed E-state index contributed by atoms with van der Waals surface area (Å²) >= 11 is 1.28. The van der Waals surface area contributed by atoms with Gasteiger partial charge in [0.2, 0.25) is 17.7 Å². The average Bonchev–Trinajstić information content (AvgIpc) is 3.29. The second-order valence-electron chi connectivity index (χ2n) is 10.1. The van der Waals surface area contributed by atoms with Gasteiger partial charge in [-0.2, -0.15) is 13.2 Å². The molecule has 1 saturated heterocycles. The monoisotopic (exact) mass is 584 g/mol. The van der Waals surface area contributed by atoms with Gasteiger partial charge in [0.15, 0.2) is 10.9 Å². The predicted molar refractivity (Wildman–Crippen MR) is 150 cm³/mol. The molecule has 0 spiro atoms. The fourth-order valence-corrected chi connectivity index (χ4v) is 5.48. The molecule has 0 bridgehead atoms. The van der Waals surface area contributed by atoms with E-state index < -0.39 is 17.8 Å². The first-order valence-electron chi connectivity index (χ1n) is 12.9. The minimum Gasteiger partial charge on any atom is -0.437 e. The Kier molecular flexibility index (Phi) is 7.91. The maximum atomic E-state index is 13.6. The highest BCUT2D eigenvalue weighted by molar-refractivity contribution is 7.22. The van der Waals surface area contributed by atoms with Gasteiger partial charge in [0, 0.05) is 31.6 Å². The molecule has 9 nitrogen and oxygen atoms in total. The molecule has 4 aromatic rings. The minimum atomic E-state index is -4.60. The molecule has 0 unspecified atom stereocenters. The number of nitrogens with zero attached hydrogens (tertiary/aromatic N) is 4. The second kappa shape index (κ2) is 11.4. The number of thiazole rings is 1. The zero-order valence-corrected chi connectivity index (χ0v) is 23.3. The van der Waals surface area contributed by atoms with Crippen LogP contribution in [0, 0.1) is 5.92 Å². The van der Waals surface area contributed by atoms with Crippen LogP contribution >= 0.6 is 11.3 Å². The largest absolute Gasteiger partial charge is 0.437 e.